The van der Waals surface area contributed by atoms with E-state index in [0.29, 0.717) is 12.4 Å². The fraction of sp³-hybridized carbons (Fsp3) is 0.538. The van der Waals surface area contributed by atoms with Gasteiger partial charge in [0.25, 0.3) is 0 Å². The lowest BCUT2D eigenvalue weighted by molar-refractivity contribution is -0.145. The SMILES string of the molecule is CNc1cc(C)nc(CN2CC(=O)NC(=O)C2(C)C)n1. The first kappa shape index (κ1) is 14.4. The predicted molar refractivity (Wildman–Crippen MR) is 74.0 cm³/mol. The Morgan fingerprint density at radius 3 is 2.75 bits per heavy atom. The summed E-state index contributed by atoms with van der Waals surface area (Å²) in [4.78, 5) is 33.9. The standard InChI is InChI=1S/C13H19N5O2/c1-8-5-9(14-4)16-10(15-8)6-18-7-11(19)17-12(20)13(18,2)3/h5H,6-7H2,1-4H3,(H,14,15,16)(H,17,19,20). The Bertz CT molecular complexity index is 556. The number of carbonyl (C=O) groups is 2. The van der Waals surface area contributed by atoms with Gasteiger partial charge in [0.1, 0.15) is 11.6 Å². The molecule has 0 unspecified atom stereocenters. The molecule has 1 aromatic heterocycles. The quantitative estimate of drug-likeness (QED) is 0.760. The molecule has 0 atom stereocenters. The molecule has 7 heteroatoms. The van der Waals surface area contributed by atoms with Crippen molar-refractivity contribution >= 4 is 17.6 Å². The number of hydrogen-bond acceptors (Lipinski definition) is 6. The number of anilines is 1. The Kier molecular flexibility index (Phi) is 3.71. The highest BCUT2D eigenvalue weighted by Crippen LogP contribution is 2.20. The zero-order valence-corrected chi connectivity index (χ0v) is 12.1. The minimum Gasteiger partial charge on any atom is -0.373 e. The Hall–Kier alpha value is -2.02. The highest BCUT2D eigenvalue weighted by atomic mass is 16.2. The Labute approximate surface area is 117 Å². The van der Waals surface area contributed by atoms with E-state index in [1.807, 2.05) is 13.0 Å². The van der Waals surface area contributed by atoms with Crippen molar-refractivity contribution in [3.8, 4) is 0 Å². The van der Waals surface area contributed by atoms with Crippen molar-refractivity contribution in [3.63, 3.8) is 0 Å². The van der Waals surface area contributed by atoms with Crippen LogP contribution in [0.1, 0.15) is 25.4 Å². The molecule has 1 aromatic rings. The van der Waals surface area contributed by atoms with Gasteiger partial charge in [0.05, 0.1) is 18.6 Å². The first-order chi connectivity index (χ1) is 9.32. The molecular weight excluding hydrogens is 258 g/mol. The average Bonchev–Trinajstić information content (AvgIpc) is 2.35. The molecule has 0 bridgehead atoms. The van der Waals surface area contributed by atoms with E-state index in [-0.39, 0.29) is 18.4 Å². The van der Waals surface area contributed by atoms with E-state index in [0.717, 1.165) is 11.5 Å². The molecule has 0 aromatic carbocycles. The third-order valence-corrected chi connectivity index (χ3v) is 3.42. The van der Waals surface area contributed by atoms with Crippen molar-refractivity contribution in [1.82, 2.24) is 20.2 Å². The van der Waals surface area contributed by atoms with E-state index in [9.17, 15) is 9.59 Å². The van der Waals surface area contributed by atoms with Crippen molar-refractivity contribution in [3.05, 3.63) is 17.6 Å². The van der Waals surface area contributed by atoms with Crippen molar-refractivity contribution in [2.75, 3.05) is 18.9 Å². The van der Waals surface area contributed by atoms with E-state index in [2.05, 4.69) is 20.6 Å². The third-order valence-electron chi connectivity index (χ3n) is 3.42. The summed E-state index contributed by atoms with van der Waals surface area (Å²) < 4.78 is 0. The molecule has 0 aliphatic carbocycles. The zero-order chi connectivity index (χ0) is 14.9. The minimum absolute atomic E-state index is 0.158. The molecule has 7 nitrogen and oxygen atoms in total. The number of imide groups is 1. The normalized spacial score (nSPS) is 18.8. The summed E-state index contributed by atoms with van der Waals surface area (Å²) in [5.74, 6) is 0.717. The topological polar surface area (TPSA) is 87.2 Å². The van der Waals surface area contributed by atoms with Gasteiger partial charge in [-0.1, -0.05) is 0 Å². The summed E-state index contributed by atoms with van der Waals surface area (Å²) in [5.41, 5.74) is 0.0748. The number of amides is 2. The molecule has 108 valence electrons. The summed E-state index contributed by atoms with van der Waals surface area (Å²) in [7, 11) is 1.79. The second kappa shape index (κ2) is 5.16. The van der Waals surface area contributed by atoms with Gasteiger partial charge in [0, 0.05) is 18.8 Å². The maximum absolute atomic E-state index is 11.9. The van der Waals surface area contributed by atoms with Crippen LogP contribution < -0.4 is 10.6 Å². The first-order valence-corrected chi connectivity index (χ1v) is 6.44. The summed E-state index contributed by atoms with van der Waals surface area (Å²) in [6.07, 6.45) is 0. The van der Waals surface area contributed by atoms with Crippen LogP contribution in [0.25, 0.3) is 0 Å². The van der Waals surface area contributed by atoms with Crippen LogP contribution in [0, 0.1) is 6.92 Å². The largest absolute Gasteiger partial charge is 0.373 e. The van der Waals surface area contributed by atoms with Gasteiger partial charge in [-0.25, -0.2) is 9.97 Å². The van der Waals surface area contributed by atoms with Crippen LogP contribution in [0.3, 0.4) is 0 Å². The van der Waals surface area contributed by atoms with Crippen LogP contribution in [-0.2, 0) is 16.1 Å². The number of nitrogens with one attached hydrogen (secondary N) is 2. The van der Waals surface area contributed by atoms with Crippen LogP contribution in [0.2, 0.25) is 0 Å². The maximum Gasteiger partial charge on any atom is 0.246 e. The lowest BCUT2D eigenvalue weighted by atomic mass is 9.99. The highest BCUT2D eigenvalue weighted by Gasteiger charge is 2.41. The molecule has 2 heterocycles. The van der Waals surface area contributed by atoms with Gasteiger partial charge >= 0.3 is 0 Å². The van der Waals surface area contributed by atoms with E-state index < -0.39 is 5.54 Å². The molecule has 1 aliphatic heterocycles. The summed E-state index contributed by atoms with van der Waals surface area (Å²) >= 11 is 0. The number of hydrogen-bond donors (Lipinski definition) is 2. The fourth-order valence-corrected chi connectivity index (χ4v) is 2.09. The second-order valence-electron chi connectivity index (χ2n) is 5.35. The van der Waals surface area contributed by atoms with Crippen LogP contribution in [0.15, 0.2) is 6.07 Å². The fourth-order valence-electron chi connectivity index (χ4n) is 2.09. The second-order valence-corrected chi connectivity index (χ2v) is 5.35. The van der Waals surface area contributed by atoms with Gasteiger partial charge in [-0.05, 0) is 20.8 Å². The van der Waals surface area contributed by atoms with E-state index in [1.54, 1.807) is 25.8 Å². The Balaban J connectivity index is 2.25. The number of piperazine rings is 1. The van der Waals surface area contributed by atoms with Crippen LogP contribution in [-0.4, -0.2) is 45.8 Å². The molecule has 20 heavy (non-hydrogen) atoms. The van der Waals surface area contributed by atoms with Crippen molar-refractivity contribution in [2.24, 2.45) is 0 Å². The van der Waals surface area contributed by atoms with Gasteiger partial charge in [-0.2, -0.15) is 0 Å². The Morgan fingerprint density at radius 1 is 1.40 bits per heavy atom. The van der Waals surface area contributed by atoms with Gasteiger partial charge in [-0.15, -0.1) is 0 Å². The smallest absolute Gasteiger partial charge is 0.246 e. The molecule has 2 N–H and O–H groups in total. The molecule has 2 rings (SSSR count). The van der Waals surface area contributed by atoms with Gasteiger partial charge in [0.15, 0.2) is 0 Å². The third kappa shape index (κ3) is 2.77. The van der Waals surface area contributed by atoms with E-state index in [4.69, 9.17) is 0 Å². The van der Waals surface area contributed by atoms with Crippen molar-refractivity contribution in [1.29, 1.82) is 0 Å². The number of carbonyl (C=O) groups excluding carboxylic acids is 2. The monoisotopic (exact) mass is 277 g/mol. The molecule has 1 saturated heterocycles. The lowest BCUT2D eigenvalue weighted by Crippen LogP contribution is -2.63. The summed E-state index contributed by atoms with van der Waals surface area (Å²) in [6.45, 7) is 5.95. The molecule has 0 radical (unpaired) electrons. The van der Waals surface area contributed by atoms with Gasteiger partial charge in [-0.3, -0.25) is 19.8 Å². The van der Waals surface area contributed by atoms with Crippen LogP contribution >= 0.6 is 0 Å². The average molecular weight is 277 g/mol. The molecule has 1 fully saturated rings. The number of aryl methyl sites for hydroxylation is 1. The van der Waals surface area contributed by atoms with Crippen molar-refractivity contribution < 1.29 is 9.59 Å². The molecule has 0 saturated carbocycles. The van der Waals surface area contributed by atoms with Crippen LogP contribution in [0.5, 0.6) is 0 Å². The first-order valence-electron chi connectivity index (χ1n) is 6.44. The number of nitrogens with zero attached hydrogens (tertiary/aromatic N) is 3. The van der Waals surface area contributed by atoms with Gasteiger partial charge < -0.3 is 5.32 Å². The molecule has 0 spiro atoms. The van der Waals surface area contributed by atoms with Gasteiger partial charge in [0.2, 0.25) is 11.8 Å². The highest BCUT2D eigenvalue weighted by molar-refractivity contribution is 6.02. The summed E-state index contributed by atoms with van der Waals surface area (Å²) in [6, 6.07) is 1.84. The summed E-state index contributed by atoms with van der Waals surface area (Å²) in [5, 5.41) is 5.31. The zero-order valence-electron chi connectivity index (χ0n) is 12.1. The maximum atomic E-state index is 11.9. The number of rotatable bonds is 3. The van der Waals surface area contributed by atoms with E-state index >= 15 is 0 Å². The predicted octanol–water partition coefficient (Wildman–Crippen LogP) is 0.0637. The van der Waals surface area contributed by atoms with Crippen LogP contribution in [0.4, 0.5) is 5.82 Å². The lowest BCUT2D eigenvalue weighted by Gasteiger charge is -2.39. The molecular formula is C13H19N5O2. The van der Waals surface area contributed by atoms with Crippen molar-refractivity contribution in [2.45, 2.75) is 32.9 Å². The molecule has 1 aliphatic rings. The molecule has 2 amide bonds. The van der Waals surface area contributed by atoms with E-state index in [1.165, 1.54) is 0 Å². The minimum atomic E-state index is -0.763. The number of aromatic nitrogens is 2. The Morgan fingerprint density at radius 2 is 2.10 bits per heavy atom.